The Morgan fingerprint density at radius 2 is 1.12 bits per heavy atom. The minimum atomic E-state index is -1.48. The molecule has 1 atom stereocenters. The second-order valence-electron chi connectivity index (χ2n) is 5.03. The lowest BCUT2D eigenvalue weighted by Crippen LogP contribution is -1.99. The topological polar surface area (TPSA) is 27.7 Å². The van der Waals surface area contributed by atoms with Crippen LogP contribution in [0.25, 0.3) is 11.1 Å². The van der Waals surface area contributed by atoms with Gasteiger partial charge < -0.3 is 9.05 Å². The molecule has 0 aliphatic heterocycles. The molecule has 122 valence electrons. The van der Waals surface area contributed by atoms with Crippen LogP contribution in [0.1, 0.15) is 6.92 Å². The Labute approximate surface area is 143 Å². The first kappa shape index (κ1) is 16.5. The van der Waals surface area contributed by atoms with Crippen molar-refractivity contribution < 1.29 is 13.6 Å². The van der Waals surface area contributed by atoms with Crippen molar-refractivity contribution in [2.24, 2.45) is 0 Å². The molecule has 3 aromatic carbocycles. The number of hydrogen-bond donors (Lipinski definition) is 0. The smallest absolute Gasteiger partial charge is 0.418 e. The standard InChI is InChI=1S/C20H19O3P/c1-2-21-24(22-19-11-7-4-8-12-19)23-20-15-13-18(14-16-20)17-9-5-3-6-10-17/h3-16H,2H2,1H3. The maximum Gasteiger partial charge on any atom is 0.463 e. The monoisotopic (exact) mass is 338 g/mol. The highest BCUT2D eigenvalue weighted by molar-refractivity contribution is 7.42. The molecular weight excluding hydrogens is 319 g/mol. The zero-order chi connectivity index (χ0) is 16.6. The zero-order valence-electron chi connectivity index (χ0n) is 13.5. The summed E-state index contributed by atoms with van der Waals surface area (Å²) in [6, 6.07) is 27.7. The van der Waals surface area contributed by atoms with Crippen molar-refractivity contribution in [3.8, 4) is 22.6 Å². The van der Waals surface area contributed by atoms with E-state index in [1.165, 1.54) is 5.56 Å². The van der Waals surface area contributed by atoms with Crippen molar-refractivity contribution in [3.05, 3.63) is 84.9 Å². The quantitative estimate of drug-likeness (QED) is 0.489. The van der Waals surface area contributed by atoms with Crippen LogP contribution in [0.15, 0.2) is 84.9 Å². The van der Waals surface area contributed by atoms with Crippen molar-refractivity contribution in [2.45, 2.75) is 6.92 Å². The van der Waals surface area contributed by atoms with Gasteiger partial charge in [0.15, 0.2) is 0 Å². The van der Waals surface area contributed by atoms with Crippen LogP contribution >= 0.6 is 8.60 Å². The summed E-state index contributed by atoms with van der Waals surface area (Å²) < 4.78 is 17.2. The van der Waals surface area contributed by atoms with Crippen molar-refractivity contribution >= 4 is 8.60 Å². The van der Waals surface area contributed by atoms with E-state index in [0.29, 0.717) is 6.61 Å². The summed E-state index contributed by atoms with van der Waals surface area (Å²) in [5.41, 5.74) is 2.32. The Morgan fingerprint density at radius 1 is 0.625 bits per heavy atom. The average Bonchev–Trinajstić information content (AvgIpc) is 2.64. The molecule has 3 aromatic rings. The Balaban J connectivity index is 1.68. The van der Waals surface area contributed by atoms with E-state index in [4.69, 9.17) is 13.6 Å². The average molecular weight is 338 g/mol. The van der Waals surface area contributed by atoms with Crippen LogP contribution in [0, 0.1) is 0 Å². The summed E-state index contributed by atoms with van der Waals surface area (Å²) in [6.45, 7) is 2.45. The fourth-order valence-electron chi connectivity index (χ4n) is 2.17. The van der Waals surface area contributed by atoms with E-state index >= 15 is 0 Å². The van der Waals surface area contributed by atoms with Gasteiger partial charge in [-0.1, -0.05) is 60.7 Å². The highest BCUT2D eigenvalue weighted by Crippen LogP contribution is 2.41. The maximum atomic E-state index is 5.87. The highest BCUT2D eigenvalue weighted by atomic mass is 31.2. The number of para-hydroxylation sites is 1. The zero-order valence-corrected chi connectivity index (χ0v) is 14.4. The van der Waals surface area contributed by atoms with E-state index in [2.05, 4.69) is 12.1 Å². The van der Waals surface area contributed by atoms with Gasteiger partial charge >= 0.3 is 8.60 Å². The summed E-state index contributed by atoms with van der Waals surface area (Å²) in [4.78, 5) is 0. The minimum absolute atomic E-state index is 0.528. The summed E-state index contributed by atoms with van der Waals surface area (Å²) in [5.74, 6) is 1.46. The summed E-state index contributed by atoms with van der Waals surface area (Å²) >= 11 is 0. The predicted molar refractivity (Wildman–Crippen MR) is 98.1 cm³/mol. The lowest BCUT2D eigenvalue weighted by molar-refractivity contribution is 0.280. The van der Waals surface area contributed by atoms with Crippen LogP contribution in [-0.4, -0.2) is 6.61 Å². The molecule has 3 nitrogen and oxygen atoms in total. The van der Waals surface area contributed by atoms with E-state index < -0.39 is 8.60 Å². The fourth-order valence-corrected chi connectivity index (χ4v) is 3.11. The Bertz CT molecular complexity index is 730. The largest absolute Gasteiger partial charge is 0.463 e. The SMILES string of the molecule is CCOP(Oc1ccccc1)Oc1ccc(-c2ccccc2)cc1. The summed E-state index contributed by atoms with van der Waals surface area (Å²) in [5, 5.41) is 0. The van der Waals surface area contributed by atoms with E-state index in [1.54, 1.807) is 0 Å². The normalized spacial score (nSPS) is 11.7. The minimum Gasteiger partial charge on any atom is -0.418 e. The highest BCUT2D eigenvalue weighted by Gasteiger charge is 2.16. The second kappa shape index (κ2) is 8.49. The molecule has 0 saturated carbocycles. The molecule has 0 amide bonds. The summed E-state index contributed by atoms with van der Waals surface area (Å²) in [7, 11) is -1.48. The van der Waals surface area contributed by atoms with E-state index in [1.807, 2.05) is 79.7 Å². The molecule has 24 heavy (non-hydrogen) atoms. The molecule has 0 heterocycles. The van der Waals surface area contributed by atoms with Crippen molar-refractivity contribution in [1.82, 2.24) is 0 Å². The van der Waals surface area contributed by atoms with Gasteiger partial charge in [0.05, 0.1) is 6.61 Å². The molecule has 0 saturated heterocycles. The van der Waals surface area contributed by atoms with Gasteiger partial charge in [0, 0.05) is 0 Å². The lowest BCUT2D eigenvalue weighted by atomic mass is 10.1. The second-order valence-corrected chi connectivity index (χ2v) is 6.10. The van der Waals surface area contributed by atoms with Gasteiger partial charge in [-0.05, 0) is 42.3 Å². The number of benzene rings is 3. The first-order chi connectivity index (χ1) is 11.8. The molecule has 1 unspecified atom stereocenters. The van der Waals surface area contributed by atoms with E-state index in [9.17, 15) is 0 Å². The molecule has 0 aromatic heterocycles. The van der Waals surface area contributed by atoms with Gasteiger partial charge in [-0.25, -0.2) is 0 Å². The third kappa shape index (κ3) is 4.58. The van der Waals surface area contributed by atoms with Crippen LogP contribution in [0.4, 0.5) is 0 Å². The molecule has 0 radical (unpaired) electrons. The Kier molecular flexibility index (Phi) is 5.84. The molecule has 0 N–H and O–H groups in total. The third-order valence-corrected chi connectivity index (χ3v) is 4.49. The first-order valence-electron chi connectivity index (χ1n) is 7.84. The lowest BCUT2D eigenvalue weighted by Gasteiger charge is -2.17. The van der Waals surface area contributed by atoms with Crippen molar-refractivity contribution in [2.75, 3.05) is 6.61 Å². The van der Waals surface area contributed by atoms with Crippen LogP contribution in [0.5, 0.6) is 11.5 Å². The Morgan fingerprint density at radius 3 is 1.71 bits per heavy atom. The van der Waals surface area contributed by atoms with Crippen LogP contribution in [0.2, 0.25) is 0 Å². The van der Waals surface area contributed by atoms with Crippen LogP contribution in [0.3, 0.4) is 0 Å². The van der Waals surface area contributed by atoms with Crippen molar-refractivity contribution in [3.63, 3.8) is 0 Å². The Hall–Kier alpha value is -2.35. The molecule has 4 heteroatoms. The van der Waals surface area contributed by atoms with Gasteiger partial charge in [-0.15, -0.1) is 0 Å². The fraction of sp³-hybridized carbons (Fsp3) is 0.100. The van der Waals surface area contributed by atoms with Gasteiger partial charge in [-0.2, -0.15) is 0 Å². The third-order valence-electron chi connectivity index (χ3n) is 3.30. The molecule has 0 fully saturated rings. The first-order valence-corrected chi connectivity index (χ1v) is 8.94. The number of hydrogen-bond acceptors (Lipinski definition) is 3. The molecule has 0 spiro atoms. The van der Waals surface area contributed by atoms with Gasteiger partial charge in [0.1, 0.15) is 11.5 Å². The summed E-state index contributed by atoms with van der Waals surface area (Å²) in [6.07, 6.45) is 0. The molecule has 0 bridgehead atoms. The molecule has 0 aliphatic rings. The van der Waals surface area contributed by atoms with Gasteiger partial charge in [0.25, 0.3) is 0 Å². The molecule has 0 aliphatic carbocycles. The number of rotatable bonds is 7. The molecule has 3 rings (SSSR count). The predicted octanol–water partition coefficient (Wildman–Crippen LogP) is 6.07. The van der Waals surface area contributed by atoms with Gasteiger partial charge in [-0.3, -0.25) is 4.52 Å². The van der Waals surface area contributed by atoms with E-state index in [-0.39, 0.29) is 0 Å². The molecular formula is C20H19O3P. The maximum absolute atomic E-state index is 5.87. The van der Waals surface area contributed by atoms with Crippen molar-refractivity contribution in [1.29, 1.82) is 0 Å². The van der Waals surface area contributed by atoms with Gasteiger partial charge in [0.2, 0.25) is 0 Å². The van der Waals surface area contributed by atoms with Crippen LogP contribution < -0.4 is 9.05 Å². The van der Waals surface area contributed by atoms with E-state index in [0.717, 1.165) is 17.1 Å². The van der Waals surface area contributed by atoms with Crippen LogP contribution in [-0.2, 0) is 4.52 Å².